The molecule has 4 rings (SSSR count). The minimum atomic E-state index is -0.594. The van der Waals surface area contributed by atoms with Gasteiger partial charge in [-0.25, -0.2) is 5.43 Å². The molecule has 0 spiro atoms. The number of rotatable bonds is 6. The lowest BCUT2D eigenvalue weighted by Gasteiger charge is -2.13. The first-order valence-corrected chi connectivity index (χ1v) is 12.2. The first-order valence-electron chi connectivity index (χ1n) is 11.5. The van der Waals surface area contributed by atoms with Crippen molar-refractivity contribution >= 4 is 46.6 Å². The van der Waals surface area contributed by atoms with Crippen molar-refractivity contribution in [2.24, 2.45) is 5.10 Å². The van der Waals surface area contributed by atoms with Crippen LogP contribution in [0.2, 0.25) is 10.0 Å². The Morgan fingerprint density at radius 1 is 1.00 bits per heavy atom. The van der Waals surface area contributed by atoms with Gasteiger partial charge < -0.3 is 9.15 Å². The zero-order valence-electron chi connectivity index (χ0n) is 20.1. The number of aryl methyl sites for hydroxylation is 2. The number of fused-ring (bicyclic) bond motifs is 1. The van der Waals surface area contributed by atoms with Gasteiger partial charge in [0.05, 0.1) is 10.7 Å². The van der Waals surface area contributed by atoms with Crippen LogP contribution in [0.4, 0.5) is 0 Å². The highest BCUT2D eigenvalue weighted by molar-refractivity contribution is 6.35. The molecule has 1 aromatic heterocycles. The van der Waals surface area contributed by atoms with Crippen LogP contribution >= 0.6 is 23.2 Å². The van der Waals surface area contributed by atoms with E-state index in [1.807, 2.05) is 6.92 Å². The molecule has 0 bridgehead atoms. The maximum Gasteiger partial charge on any atom is 0.305 e. The number of hydrogen-bond donors (Lipinski definition) is 3. The van der Waals surface area contributed by atoms with Gasteiger partial charge in [-0.3, -0.25) is 25.2 Å². The molecule has 3 amide bonds. The molecule has 0 atom stereocenters. The summed E-state index contributed by atoms with van der Waals surface area (Å²) in [4.78, 5) is 37.4. The summed E-state index contributed by atoms with van der Waals surface area (Å²) in [7, 11) is 0. The van der Waals surface area contributed by atoms with Crippen LogP contribution in [0.1, 0.15) is 56.2 Å². The first kappa shape index (κ1) is 26.2. The van der Waals surface area contributed by atoms with Gasteiger partial charge in [0.1, 0.15) is 11.5 Å². The Kier molecular flexibility index (Phi) is 8.15. The zero-order chi connectivity index (χ0) is 26.5. The second kappa shape index (κ2) is 11.5. The molecular formula is C26H24Cl2N4O5. The molecule has 0 aliphatic heterocycles. The summed E-state index contributed by atoms with van der Waals surface area (Å²) >= 11 is 11.9. The Labute approximate surface area is 223 Å². The molecular weight excluding hydrogens is 519 g/mol. The van der Waals surface area contributed by atoms with E-state index in [1.54, 1.807) is 43.3 Å². The zero-order valence-corrected chi connectivity index (χ0v) is 21.6. The van der Waals surface area contributed by atoms with E-state index in [4.69, 9.17) is 32.4 Å². The van der Waals surface area contributed by atoms with Crippen molar-refractivity contribution in [3.63, 3.8) is 0 Å². The first-order chi connectivity index (χ1) is 17.7. The lowest BCUT2D eigenvalue weighted by atomic mass is 9.93. The van der Waals surface area contributed by atoms with Gasteiger partial charge in [0, 0.05) is 28.1 Å². The Hall–Kier alpha value is -3.82. The van der Waals surface area contributed by atoms with Crippen molar-refractivity contribution in [1.29, 1.82) is 0 Å². The van der Waals surface area contributed by atoms with Gasteiger partial charge in [0.25, 0.3) is 11.8 Å². The van der Waals surface area contributed by atoms with E-state index in [9.17, 15) is 14.4 Å². The molecule has 0 saturated heterocycles. The number of hydrogen-bond acceptors (Lipinski definition) is 6. The van der Waals surface area contributed by atoms with Gasteiger partial charge in [-0.15, -0.1) is 0 Å². The number of carbonyl (C=O) groups excluding carboxylic acids is 3. The lowest BCUT2D eigenvalue weighted by Crippen LogP contribution is -2.41. The minimum Gasteiger partial charge on any atom is -0.482 e. The molecule has 3 N–H and O–H groups in total. The molecule has 11 heteroatoms. The smallest absolute Gasteiger partial charge is 0.305 e. The average Bonchev–Trinajstić information content (AvgIpc) is 3.22. The summed E-state index contributed by atoms with van der Waals surface area (Å²) in [6, 6.07) is 11.6. The largest absolute Gasteiger partial charge is 0.482 e. The second-order valence-corrected chi connectivity index (χ2v) is 9.28. The highest BCUT2D eigenvalue weighted by Gasteiger charge is 2.28. The molecule has 0 unspecified atom stereocenters. The topological polar surface area (TPSA) is 122 Å². The number of furan rings is 1. The van der Waals surface area contributed by atoms with Crippen LogP contribution in [0.15, 0.2) is 52.0 Å². The van der Waals surface area contributed by atoms with Gasteiger partial charge in [0.2, 0.25) is 0 Å². The second-order valence-electron chi connectivity index (χ2n) is 8.44. The summed E-state index contributed by atoms with van der Waals surface area (Å²) < 4.78 is 11.2. The highest BCUT2D eigenvalue weighted by atomic mass is 35.5. The monoisotopic (exact) mass is 542 g/mol. The van der Waals surface area contributed by atoms with E-state index in [-0.39, 0.29) is 12.4 Å². The summed E-state index contributed by atoms with van der Waals surface area (Å²) in [5.74, 6) is -0.543. The molecule has 0 saturated carbocycles. The third-order valence-electron chi connectivity index (χ3n) is 5.70. The number of ether oxygens (including phenoxy) is 1. The fourth-order valence-corrected chi connectivity index (χ4v) is 4.30. The van der Waals surface area contributed by atoms with Crippen LogP contribution in [0.25, 0.3) is 0 Å². The van der Waals surface area contributed by atoms with E-state index < -0.39 is 17.7 Å². The molecule has 0 radical (unpaired) electrons. The molecule has 0 fully saturated rings. The fraction of sp³-hybridized carbons (Fsp3) is 0.231. The van der Waals surface area contributed by atoms with Crippen molar-refractivity contribution in [3.05, 3.63) is 86.3 Å². The van der Waals surface area contributed by atoms with Crippen LogP contribution in [0.5, 0.6) is 5.75 Å². The molecule has 2 aromatic carbocycles. The molecule has 3 aromatic rings. The van der Waals surface area contributed by atoms with Gasteiger partial charge in [-0.1, -0.05) is 40.9 Å². The summed E-state index contributed by atoms with van der Waals surface area (Å²) in [6.45, 7) is 3.34. The fourth-order valence-electron chi connectivity index (χ4n) is 3.84. The Morgan fingerprint density at radius 2 is 1.73 bits per heavy atom. The van der Waals surface area contributed by atoms with Crippen LogP contribution in [-0.2, 0) is 11.2 Å². The summed E-state index contributed by atoms with van der Waals surface area (Å²) in [5, 5.41) is 5.00. The number of nitrogens with zero attached hydrogens (tertiary/aromatic N) is 1. The SMILES string of the molecule is Cc1ccc(C(=O)NNC(=O)c2oc3c(c2C)/C(=N/NC(=O)COc2ccc(Cl)cc2Cl)CCC3)cc1. The predicted molar refractivity (Wildman–Crippen MR) is 139 cm³/mol. The maximum atomic E-state index is 12.7. The summed E-state index contributed by atoms with van der Waals surface area (Å²) in [6.07, 6.45) is 1.93. The number of carbonyl (C=O) groups is 3. The molecule has 1 aliphatic rings. The van der Waals surface area contributed by atoms with Gasteiger partial charge in [-0.05, 0) is 57.0 Å². The standard InChI is InChI=1S/C26H24Cl2N4O5/c1-14-6-8-16(9-7-14)25(34)31-32-26(35)24-15(2)23-19(4-3-5-21(23)37-24)29-30-22(33)13-36-20-11-10-17(27)12-18(20)28/h6-12H,3-5,13H2,1-2H3,(H,30,33)(H,31,34)(H,32,35)/b29-19+. The third-order valence-corrected chi connectivity index (χ3v) is 6.23. The number of hydrazone groups is 1. The van der Waals surface area contributed by atoms with E-state index in [0.717, 1.165) is 12.0 Å². The number of nitrogens with one attached hydrogen (secondary N) is 3. The van der Waals surface area contributed by atoms with E-state index in [0.29, 0.717) is 56.8 Å². The van der Waals surface area contributed by atoms with E-state index in [1.165, 1.54) is 6.07 Å². The Balaban J connectivity index is 1.39. The molecule has 192 valence electrons. The molecule has 1 heterocycles. The van der Waals surface area contributed by atoms with Crippen LogP contribution in [0, 0.1) is 13.8 Å². The van der Waals surface area contributed by atoms with Gasteiger partial charge in [-0.2, -0.15) is 5.10 Å². The van der Waals surface area contributed by atoms with Crippen LogP contribution < -0.4 is 21.0 Å². The van der Waals surface area contributed by atoms with Crippen LogP contribution in [0.3, 0.4) is 0 Å². The molecule has 1 aliphatic carbocycles. The molecule has 9 nitrogen and oxygen atoms in total. The highest BCUT2D eigenvalue weighted by Crippen LogP contribution is 2.30. The number of hydrazine groups is 1. The van der Waals surface area contributed by atoms with E-state index >= 15 is 0 Å². The number of halogens is 2. The lowest BCUT2D eigenvalue weighted by molar-refractivity contribution is -0.123. The third kappa shape index (κ3) is 6.31. The van der Waals surface area contributed by atoms with Gasteiger partial charge in [0.15, 0.2) is 12.4 Å². The van der Waals surface area contributed by atoms with Crippen molar-refractivity contribution in [2.45, 2.75) is 33.1 Å². The normalized spacial score (nSPS) is 13.6. The minimum absolute atomic E-state index is 0.0656. The number of benzene rings is 2. The predicted octanol–water partition coefficient (Wildman–Crippen LogP) is 4.51. The number of amides is 3. The van der Waals surface area contributed by atoms with Crippen molar-refractivity contribution < 1.29 is 23.5 Å². The van der Waals surface area contributed by atoms with Crippen molar-refractivity contribution in [3.8, 4) is 5.75 Å². The molecule has 37 heavy (non-hydrogen) atoms. The Bertz CT molecular complexity index is 1380. The van der Waals surface area contributed by atoms with Crippen molar-refractivity contribution in [1.82, 2.24) is 16.3 Å². The van der Waals surface area contributed by atoms with Crippen molar-refractivity contribution in [2.75, 3.05) is 6.61 Å². The Morgan fingerprint density at radius 3 is 2.46 bits per heavy atom. The van der Waals surface area contributed by atoms with E-state index in [2.05, 4.69) is 21.4 Å². The maximum absolute atomic E-state index is 12.7. The quantitative estimate of drug-likeness (QED) is 0.395. The van der Waals surface area contributed by atoms with Crippen LogP contribution in [-0.4, -0.2) is 30.0 Å². The summed E-state index contributed by atoms with van der Waals surface area (Å²) in [5.41, 5.74) is 10.5. The van der Waals surface area contributed by atoms with Gasteiger partial charge >= 0.3 is 5.91 Å². The average molecular weight is 543 g/mol.